The van der Waals surface area contributed by atoms with Crippen LogP contribution in [0.3, 0.4) is 0 Å². The van der Waals surface area contributed by atoms with Crippen molar-refractivity contribution in [3.63, 3.8) is 0 Å². The van der Waals surface area contributed by atoms with Gasteiger partial charge in [-0.15, -0.1) is 5.10 Å². The molecule has 1 aromatic carbocycles. The van der Waals surface area contributed by atoms with Gasteiger partial charge in [0.1, 0.15) is 0 Å². The van der Waals surface area contributed by atoms with Crippen molar-refractivity contribution in [2.45, 2.75) is 19.4 Å². The number of halogens is 2. The van der Waals surface area contributed by atoms with Crippen molar-refractivity contribution in [3.8, 4) is 5.69 Å². The average Bonchev–Trinajstić information content (AvgIpc) is 2.81. The fourth-order valence-electron chi connectivity index (χ4n) is 1.44. The van der Waals surface area contributed by atoms with E-state index in [-0.39, 0.29) is 6.04 Å². The summed E-state index contributed by atoms with van der Waals surface area (Å²) in [4.78, 5) is 0. The van der Waals surface area contributed by atoms with Crippen molar-refractivity contribution in [1.82, 2.24) is 15.0 Å². The zero-order valence-corrected chi connectivity index (χ0v) is 10.8. The molecule has 0 amide bonds. The third-order valence-corrected chi connectivity index (χ3v) is 3.32. The first-order chi connectivity index (χ1) is 8.13. The van der Waals surface area contributed by atoms with Crippen molar-refractivity contribution in [2.24, 2.45) is 5.73 Å². The Hall–Kier alpha value is -1.10. The van der Waals surface area contributed by atoms with Gasteiger partial charge in [0.05, 0.1) is 33.7 Å². The Bertz CT molecular complexity index is 524. The summed E-state index contributed by atoms with van der Waals surface area (Å²) in [6, 6.07) is 5.25. The van der Waals surface area contributed by atoms with E-state index in [9.17, 15) is 0 Å². The van der Waals surface area contributed by atoms with Crippen LogP contribution in [0.15, 0.2) is 24.4 Å². The summed E-state index contributed by atoms with van der Waals surface area (Å²) in [7, 11) is 0. The second-order valence-corrected chi connectivity index (χ2v) is 4.46. The number of nitrogens with two attached hydrogens (primary N) is 1. The molecule has 90 valence electrons. The Morgan fingerprint density at radius 3 is 2.88 bits per heavy atom. The number of hydrogen-bond donors (Lipinski definition) is 1. The first-order valence-electron chi connectivity index (χ1n) is 5.25. The molecule has 0 aliphatic carbocycles. The quantitative estimate of drug-likeness (QED) is 0.933. The molecule has 2 aromatic rings. The lowest BCUT2D eigenvalue weighted by molar-refractivity contribution is 0.670. The number of hydrogen-bond acceptors (Lipinski definition) is 3. The Kier molecular flexibility index (Phi) is 3.66. The van der Waals surface area contributed by atoms with E-state index in [1.807, 2.05) is 19.1 Å². The maximum Gasteiger partial charge on any atom is 0.0998 e. The lowest BCUT2D eigenvalue weighted by Crippen LogP contribution is -2.08. The second kappa shape index (κ2) is 5.04. The van der Waals surface area contributed by atoms with Gasteiger partial charge >= 0.3 is 0 Å². The predicted molar refractivity (Wildman–Crippen MR) is 68.6 cm³/mol. The fourth-order valence-corrected chi connectivity index (χ4v) is 1.82. The van der Waals surface area contributed by atoms with Crippen LogP contribution in [0.1, 0.15) is 25.1 Å². The van der Waals surface area contributed by atoms with E-state index in [1.165, 1.54) is 0 Å². The summed E-state index contributed by atoms with van der Waals surface area (Å²) in [6.45, 7) is 2.00. The van der Waals surface area contributed by atoms with E-state index in [2.05, 4.69) is 10.3 Å². The minimum absolute atomic E-state index is 0.110. The lowest BCUT2D eigenvalue weighted by atomic mass is 10.2. The van der Waals surface area contributed by atoms with E-state index in [1.54, 1.807) is 16.9 Å². The standard InChI is InChI=1S/C11H12Cl2N4/c1-2-8(14)9-6-17(16-15-9)10-5-3-4-7(12)11(10)13/h3-6,8H,2,14H2,1H3. The SMILES string of the molecule is CCC(N)c1cn(-c2cccc(Cl)c2Cl)nn1. The molecule has 0 spiro atoms. The van der Waals surface area contributed by atoms with E-state index in [0.29, 0.717) is 15.7 Å². The third-order valence-electron chi connectivity index (χ3n) is 2.51. The van der Waals surface area contributed by atoms with Gasteiger partial charge in [0.2, 0.25) is 0 Å². The van der Waals surface area contributed by atoms with Gasteiger partial charge in [0.25, 0.3) is 0 Å². The summed E-state index contributed by atoms with van der Waals surface area (Å²) < 4.78 is 1.58. The van der Waals surface area contributed by atoms with E-state index < -0.39 is 0 Å². The third kappa shape index (κ3) is 2.44. The van der Waals surface area contributed by atoms with Crippen LogP contribution in [0.25, 0.3) is 5.69 Å². The van der Waals surface area contributed by atoms with Gasteiger partial charge in [0, 0.05) is 0 Å². The zero-order chi connectivity index (χ0) is 12.4. The summed E-state index contributed by atoms with van der Waals surface area (Å²) in [5.74, 6) is 0. The van der Waals surface area contributed by atoms with Crippen LogP contribution in [-0.4, -0.2) is 15.0 Å². The van der Waals surface area contributed by atoms with Crippen LogP contribution in [-0.2, 0) is 0 Å². The largest absolute Gasteiger partial charge is 0.323 e. The molecule has 6 heteroatoms. The molecule has 2 N–H and O–H groups in total. The van der Waals surface area contributed by atoms with Gasteiger partial charge in [-0.3, -0.25) is 0 Å². The second-order valence-electron chi connectivity index (χ2n) is 3.68. The Morgan fingerprint density at radius 1 is 1.41 bits per heavy atom. The molecule has 0 bridgehead atoms. The molecule has 0 radical (unpaired) electrons. The molecule has 1 unspecified atom stereocenters. The highest BCUT2D eigenvalue weighted by atomic mass is 35.5. The molecular weight excluding hydrogens is 259 g/mol. The Balaban J connectivity index is 2.40. The number of nitrogens with zero attached hydrogens (tertiary/aromatic N) is 3. The van der Waals surface area contributed by atoms with E-state index >= 15 is 0 Å². The van der Waals surface area contributed by atoms with Crippen LogP contribution >= 0.6 is 23.2 Å². The Labute approximate surface area is 109 Å². The molecule has 1 aromatic heterocycles. The van der Waals surface area contributed by atoms with Gasteiger partial charge in [0.15, 0.2) is 0 Å². The van der Waals surface area contributed by atoms with Crippen LogP contribution in [0.5, 0.6) is 0 Å². The topological polar surface area (TPSA) is 56.7 Å². The van der Waals surface area contributed by atoms with Gasteiger partial charge < -0.3 is 5.73 Å². The summed E-state index contributed by atoms with van der Waals surface area (Å²) in [5.41, 5.74) is 7.31. The summed E-state index contributed by atoms with van der Waals surface area (Å²) in [6.07, 6.45) is 2.58. The van der Waals surface area contributed by atoms with E-state index in [4.69, 9.17) is 28.9 Å². The number of benzene rings is 1. The molecule has 4 nitrogen and oxygen atoms in total. The molecule has 1 atom stereocenters. The van der Waals surface area contributed by atoms with Gasteiger partial charge in [-0.05, 0) is 18.6 Å². The first kappa shape index (κ1) is 12.4. The molecule has 0 saturated heterocycles. The molecule has 1 heterocycles. The van der Waals surface area contributed by atoms with Crippen molar-refractivity contribution in [3.05, 3.63) is 40.1 Å². The van der Waals surface area contributed by atoms with Crippen LogP contribution < -0.4 is 5.73 Å². The fraction of sp³-hybridized carbons (Fsp3) is 0.273. The van der Waals surface area contributed by atoms with Crippen molar-refractivity contribution >= 4 is 23.2 Å². The highest BCUT2D eigenvalue weighted by Gasteiger charge is 2.12. The smallest absolute Gasteiger partial charge is 0.0998 e. The predicted octanol–water partition coefficient (Wildman–Crippen LogP) is 2.98. The summed E-state index contributed by atoms with van der Waals surface area (Å²) >= 11 is 12.0. The molecular formula is C11H12Cl2N4. The average molecular weight is 271 g/mol. The lowest BCUT2D eigenvalue weighted by Gasteiger charge is -2.04. The number of aromatic nitrogens is 3. The normalized spacial score (nSPS) is 12.7. The van der Waals surface area contributed by atoms with Crippen LogP contribution in [0.4, 0.5) is 0 Å². The maximum atomic E-state index is 6.10. The highest BCUT2D eigenvalue weighted by Crippen LogP contribution is 2.28. The van der Waals surface area contributed by atoms with Gasteiger partial charge in [-0.25, -0.2) is 4.68 Å². The van der Waals surface area contributed by atoms with Crippen LogP contribution in [0, 0.1) is 0 Å². The van der Waals surface area contributed by atoms with Crippen molar-refractivity contribution in [1.29, 1.82) is 0 Å². The number of rotatable bonds is 3. The maximum absolute atomic E-state index is 6.10. The Morgan fingerprint density at radius 2 is 2.18 bits per heavy atom. The molecule has 0 fully saturated rings. The first-order valence-corrected chi connectivity index (χ1v) is 6.01. The molecule has 2 rings (SSSR count). The minimum atomic E-state index is -0.110. The molecule has 17 heavy (non-hydrogen) atoms. The van der Waals surface area contributed by atoms with Gasteiger partial charge in [-0.1, -0.05) is 41.4 Å². The molecule has 0 saturated carbocycles. The molecule has 0 aliphatic rings. The van der Waals surface area contributed by atoms with Crippen molar-refractivity contribution in [2.75, 3.05) is 0 Å². The van der Waals surface area contributed by atoms with Crippen LogP contribution in [0.2, 0.25) is 10.0 Å². The van der Waals surface area contributed by atoms with E-state index in [0.717, 1.165) is 12.1 Å². The van der Waals surface area contributed by atoms with Gasteiger partial charge in [-0.2, -0.15) is 0 Å². The van der Waals surface area contributed by atoms with Crippen molar-refractivity contribution < 1.29 is 0 Å². The highest BCUT2D eigenvalue weighted by molar-refractivity contribution is 6.43. The molecule has 0 aliphatic heterocycles. The summed E-state index contributed by atoms with van der Waals surface area (Å²) in [5, 5.41) is 8.96. The minimum Gasteiger partial charge on any atom is -0.323 e. The monoisotopic (exact) mass is 270 g/mol. The zero-order valence-electron chi connectivity index (χ0n) is 9.27.